The van der Waals surface area contributed by atoms with Crippen LogP contribution >= 0.6 is 11.6 Å². The number of aryl methyl sites for hydroxylation is 1. The van der Waals surface area contributed by atoms with Gasteiger partial charge in [-0.1, -0.05) is 17.7 Å². The molecule has 3 aromatic rings. The summed E-state index contributed by atoms with van der Waals surface area (Å²) in [5, 5.41) is 0.581. The molecular formula is C18H17ClN4O. The zero-order chi connectivity index (χ0) is 16.7. The van der Waals surface area contributed by atoms with Crippen molar-refractivity contribution in [1.82, 2.24) is 19.4 Å². The molecule has 0 radical (unpaired) electrons. The van der Waals surface area contributed by atoms with E-state index in [0.29, 0.717) is 17.1 Å². The van der Waals surface area contributed by atoms with Gasteiger partial charge in [-0.05, 0) is 43.7 Å². The predicted octanol–water partition coefficient (Wildman–Crippen LogP) is 3.48. The van der Waals surface area contributed by atoms with Gasteiger partial charge in [0.05, 0.1) is 6.04 Å². The molecule has 3 heterocycles. The van der Waals surface area contributed by atoms with Crippen LogP contribution in [-0.4, -0.2) is 38.4 Å². The molecule has 122 valence electrons. The van der Waals surface area contributed by atoms with Crippen LogP contribution in [0.3, 0.4) is 0 Å². The number of fused-ring (bicyclic) bond motifs is 1. The number of amides is 1. The number of hydrogen-bond acceptors (Lipinski definition) is 3. The lowest BCUT2D eigenvalue weighted by molar-refractivity contribution is 0.0787. The quantitative estimate of drug-likeness (QED) is 0.717. The highest BCUT2D eigenvalue weighted by Gasteiger charge is 2.30. The van der Waals surface area contributed by atoms with Gasteiger partial charge in [0.1, 0.15) is 11.3 Å². The van der Waals surface area contributed by atoms with Crippen LogP contribution in [0.4, 0.5) is 0 Å². The summed E-state index contributed by atoms with van der Waals surface area (Å²) in [7, 11) is 0. The number of aromatic nitrogens is 3. The van der Waals surface area contributed by atoms with Gasteiger partial charge < -0.3 is 9.47 Å². The van der Waals surface area contributed by atoms with Crippen molar-refractivity contribution in [3.63, 3.8) is 0 Å². The Labute approximate surface area is 144 Å². The number of halogens is 1. The lowest BCUT2D eigenvalue weighted by Gasteiger charge is -2.18. The highest BCUT2D eigenvalue weighted by atomic mass is 35.5. The van der Waals surface area contributed by atoms with Crippen molar-refractivity contribution in [2.75, 3.05) is 13.1 Å². The average molecular weight is 341 g/mol. The van der Waals surface area contributed by atoms with Gasteiger partial charge in [0.15, 0.2) is 5.65 Å². The number of pyridine rings is 1. The zero-order valence-electron chi connectivity index (χ0n) is 13.3. The largest absolute Gasteiger partial charge is 0.336 e. The van der Waals surface area contributed by atoms with Gasteiger partial charge in [-0.3, -0.25) is 4.79 Å². The SMILES string of the molecule is Cc1nc2cccnc2n1[C@H]1CCN(C(=O)c2cccc(Cl)c2)C1. The molecule has 4 rings (SSSR count). The fraction of sp³-hybridized carbons (Fsp3) is 0.278. The van der Waals surface area contributed by atoms with Crippen LogP contribution in [0.2, 0.25) is 5.02 Å². The van der Waals surface area contributed by atoms with Crippen LogP contribution in [0.25, 0.3) is 11.2 Å². The van der Waals surface area contributed by atoms with E-state index in [-0.39, 0.29) is 11.9 Å². The zero-order valence-corrected chi connectivity index (χ0v) is 14.1. The van der Waals surface area contributed by atoms with Crippen LogP contribution in [0, 0.1) is 6.92 Å². The maximum atomic E-state index is 12.7. The molecule has 1 fully saturated rings. The maximum absolute atomic E-state index is 12.7. The van der Waals surface area contributed by atoms with E-state index in [0.717, 1.165) is 30.0 Å². The first kappa shape index (κ1) is 15.1. The van der Waals surface area contributed by atoms with E-state index in [2.05, 4.69) is 14.5 Å². The second-order valence-electron chi connectivity index (χ2n) is 6.08. The summed E-state index contributed by atoms with van der Waals surface area (Å²) in [4.78, 5) is 23.6. The van der Waals surface area contributed by atoms with E-state index < -0.39 is 0 Å². The molecule has 24 heavy (non-hydrogen) atoms. The van der Waals surface area contributed by atoms with Crippen LogP contribution < -0.4 is 0 Å². The molecule has 0 spiro atoms. The fourth-order valence-corrected chi connectivity index (χ4v) is 3.61. The van der Waals surface area contributed by atoms with E-state index in [1.54, 1.807) is 30.5 Å². The Morgan fingerprint density at radius 3 is 3.00 bits per heavy atom. The van der Waals surface area contributed by atoms with Gasteiger partial charge in [0.2, 0.25) is 0 Å². The van der Waals surface area contributed by atoms with E-state index in [9.17, 15) is 4.79 Å². The Morgan fingerprint density at radius 1 is 1.29 bits per heavy atom. The Hall–Kier alpha value is -2.40. The molecule has 1 atom stereocenters. The number of carbonyl (C=O) groups is 1. The van der Waals surface area contributed by atoms with E-state index in [4.69, 9.17) is 11.6 Å². The summed E-state index contributed by atoms with van der Waals surface area (Å²) < 4.78 is 2.15. The molecule has 0 bridgehead atoms. The number of nitrogens with zero attached hydrogens (tertiary/aromatic N) is 4. The minimum absolute atomic E-state index is 0.0232. The molecule has 1 aliphatic heterocycles. The normalized spacial score (nSPS) is 17.6. The standard InChI is InChI=1S/C18H17ClN4O/c1-12-21-16-6-3-8-20-17(16)23(12)15-7-9-22(11-15)18(24)13-4-2-5-14(19)10-13/h2-6,8,10,15H,7,9,11H2,1H3/t15-/m0/s1. The van der Waals surface area contributed by atoms with E-state index in [1.807, 2.05) is 24.0 Å². The number of likely N-dealkylation sites (tertiary alicyclic amines) is 1. The summed E-state index contributed by atoms with van der Waals surface area (Å²) in [5.41, 5.74) is 2.42. The lowest BCUT2D eigenvalue weighted by atomic mass is 10.2. The highest BCUT2D eigenvalue weighted by molar-refractivity contribution is 6.30. The third kappa shape index (κ3) is 2.55. The number of imidazole rings is 1. The third-order valence-corrected chi connectivity index (χ3v) is 4.75. The van der Waals surface area contributed by atoms with Crippen molar-refractivity contribution >= 4 is 28.7 Å². The third-order valence-electron chi connectivity index (χ3n) is 4.51. The highest BCUT2D eigenvalue weighted by Crippen LogP contribution is 2.28. The summed E-state index contributed by atoms with van der Waals surface area (Å²) in [6, 6.07) is 11.2. The molecule has 1 aliphatic rings. The molecule has 0 N–H and O–H groups in total. The van der Waals surface area contributed by atoms with Gasteiger partial charge in [-0.15, -0.1) is 0 Å². The smallest absolute Gasteiger partial charge is 0.253 e. The van der Waals surface area contributed by atoms with Crippen molar-refractivity contribution in [2.45, 2.75) is 19.4 Å². The number of carbonyl (C=O) groups excluding carboxylic acids is 1. The molecule has 6 heteroatoms. The van der Waals surface area contributed by atoms with Crippen LogP contribution in [-0.2, 0) is 0 Å². The molecule has 0 saturated carbocycles. The van der Waals surface area contributed by atoms with Crippen molar-refractivity contribution < 1.29 is 4.79 Å². The molecule has 2 aromatic heterocycles. The van der Waals surface area contributed by atoms with Gasteiger partial charge in [0.25, 0.3) is 5.91 Å². The van der Waals surface area contributed by atoms with E-state index >= 15 is 0 Å². The number of hydrogen-bond donors (Lipinski definition) is 0. The van der Waals surface area contributed by atoms with Crippen molar-refractivity contribution in [3.8, 4) is 0 Å². The van der Waals surface area contributed by atoms with Gasteiger partial charge in [0, 0.05) is 29.9 Å². The second kappa shape index (κ2) is 5.91. The van der Waals surface area contributed by atoms with Crippen molar-refractivity contribution in [3.05, 3.63) is 59.0 Å². The molecule has 0 aliphatic carbocycles. The number of rotatable bonds is 2. The van der Waals surface area contributed by atoms with E-state index in [1.165, 1.54) is 0 Å². The maximum Gasteiger partial charge on any atom is 0.253 e. The van der Waals surface area contributed by atoms with Crippen LogP contribution in [0.15, 0.2) is 42.6 Å². The Balaban J connectivity index is 1.60. The Bertz CT molecular complexity index is 920. The molecule has 1 aromatic carbocycles. The fourth-order valence-electron chi connectivity index (χ4n) is 3.42. The Morgan fingerprint density at radius 2 is 2.17 bits per heavy atom. The molecule has 0 unspecified atom stereocenters. The molecule has 1 amide bonds. The summed E-state index contributed by atoms with van der Waals surface area (Å²) in [5.74, 6) is 0.959. The molecule has 1 saturated heterocycles. The first-order valence-electron chi connectivity index (χ1n) is 7.98. The van der Waals surface area contributed by atoms with Gasteiger partial charge in [-0.2, -0.15) is 0 Å². The Kier molecular flexibility index (Phi) is 3.73. The minimum atomic E-state index is 0.0232. The molecular weight excluding hydrogens is 324 g/mol. The summed E-state index contributed by atoms with van der Waals surface area (Å²) >= 11 is 6.00. The summed E-state index contributed by atoms with van der Waals surface area (Å²) in [6.07, 6.45) is 2.68. The lowest BCUT2D eigenvalue weighted by Crippen LogP contribution is -2.29. The first-order valence-corrected chi connectivity index (χ1v) is 8.35. The van der Waals surface area contributed by atoms with Gasteiger partial charge >= 0.3 is 0 Å². The monoisotopic (exact) mass is 340 g/mol. The molecule has 5 nitrogen and oxygen atoms in total. The van der Waals surface area contributed by atoms with Gasteiger partial charge in [-0.25, -0.2) is 9.97 Å². The topological polar surface area (TPSA) is 51.0 Å². The summed E-state index contributed by atoms with van der Waals surface area (Å²) in [6.45, 7) is 3.37. The average Bonchev–Trinajstić information content (AvgIpc) is 3.17. The first-order chi connectivity index (χ1) is 11.6. The second-order valence-corrected chi connectivity index (χ2v) is 6.52. The van der Waals surface area contributed by atoms with Crippen molar-refractivity contribution in [2.24, 2.45) is 0 Å². The number of benzene rings is 1. The van der Waals surface area contributed by atoms with Crippen LogP contribution in [0.1, 0.15) is 28.6 Å². The van der Waals surface area contributed by atoms with Crippen molar-refractivity contribution in [1.29, 1.82) is 0 Å². The van der Waals surface area contributed by atoms with Crippen LogP contribution in [0.5, 0.6) is 0 Å². The minimum Gasteiger partial charge on any atom is -0.336 e. The predicted molar refractivity (Wildman–Crippen MR) is 93.3 cm³/mol.